The molecule has 1 unspecified atom stereocenters. The van der Waals surface area contributed by atoms with Gasteiger partial charge in [-0.05, 0) is 37.1 Å². The number of rotatable bonds is 4. The van der Waals surface area contributed by atoms with Gasteiger partial charge in [0.1, 0.15) is 5.75 Å². The second-order valence-electron chi connectivity index (χ2n) is 5.41. The van der Waals surface area contributed by atoms with Gasteiger partial charge in [-0.1, -0.05) is 35.2 Å². The Balaban J connectivity index is 1.61. The number of benzene rings is 1. The highest BCUT2D eigenvalue weighted by Gasteiger charge is 2.22. The van der Waals surface area contributed by atoms with E-state index in [0.717, 1.165) is 35.7 Å². The molecule has 1 aliphatic carbocycles. The summed E-state index contributed by atoms with van der Waals surface area (Å²) in [6, 6.07) is 6.77. The van der Waals surface area contributed by atoms with E-state index in [9.17, 15) is 0 Å². The fourth-order valence-corrected chi connectivity index (χ4v) is 3.20. The molecule has 1 aromatic rings. The number of fused-ring (bicyclic) bond motifs is 1. The monoisotopic (exact) mass is 309 g/mol. The fourth-order valence-electron chi connectivity index (χ4n) is 2.82. The first-order valence-electron chi connectivity index (χ1n) is 6.98. The van der Waals surface area contributed by atoms with E-state index in [-0.39, 0.29) is 0 Å². The van der Waals surface area contributed by atoms with Gasteiger partial charge in [0, 0.05) is 22.5 Å². The molecule has 1 fully saturated rings. The number of hydrogen-bond acceptors (Lipinski definition) is 2. The van der Waals surface area contributed by atoms with Gasteiger partial charge in [0.25, 0.3) is 0 Å². The molecule has 1 heterocycles. The molecule has 1 atom stereocenters. The number of halogens is 1. The SMILES string of the molecule is Brc1ccc2c(c1)C(NCCC1CCC1)CCO2. The lowest BCUT2D eigenvalue weighted by Gasteiger charge is -2.29. The standard InChI is InChI=1S/C15H20BrNO/c16-12-4-5-15-13(10-12)14(7-9-18-15)17-8-6-11-2-1-3-11/h4-5,10-11,14,17H,1-3,6-9H2. The molecule has 1 aliphatic heterocycles. The van der Waals surface area contributed by atoms with Crippen molar-refractivity contribution in [3.05, 3.63) is 28.2 Å². The first kappa shape index (κ1) is 12.5. The van der Waals surface area contributed by atoms with Gasteiger partial charge in [0.05, 0.1) is 6.61 Å². The first-order valence-corrected chi connectivity index (χ1v) is 7.78. The minimum Gasteiger partial charge on any atom is -0.493 e. The van der Waals surface area contributed by atoms with Crippen molar-refractivity contribution in [2.24, 2.45) is 5.92 Å². The van der Waals surface area contributed by atoms with Crippen molar-refractivity contribution in [3.63, 3.8) is 0 Å². The Hall–Kier alpha value is -0.540. The second kappa shape index (κ2) is 5.62. The van der Waals surface area contributed by atoms with E-state index < -0.39 is 0 Å². The van der Waals surface area contributed by atoms with E-state index in [1.54, 1.807) is 0 Å². The van der Waals surface area contributed by atoms with Gasteiger partial charge in [0.2, 0.25) is 0 Å². The van der Waals surface area contributed by atoms with E-state index in [2.05, 4.69) is 39.4 Å². The molecule has 0 bridgehead atoms. The van der Waals surface area contributed by atoms with Crippen molar-refractivity contribution in [1.29, 1.82) is 0 Å². The van der Waals surface area contributed by atoms with E-state index in [1.807, 2.05) is 0 Å². The lowest BCUT2D eigenvalue weighted by atomic mass is 9.83. The summed E-state index contributed by atoms with van der Waals surface area (Å²) >= 11 is 3.55. The lowest BCUT2D eigenvalue weighted by molar-refractivity contribution is 0.242. The average Bonchev–Trinajstić information content (AvgIpc) is 2.32. The van der Waals surface area contributed by atoms with Gasteiger partial charge in [-0.3, -0.25) is 0 Å². The molecule has 3 rings (SSSR count). The zero-order valence-electron chi connectivity index (χ0n) is 10.6. The van der Waals surface area contributed by atoms with Crippen LogP contribution in [0.5, 0.6) is 5.75 Å². The molecular weight excluding hydrogens is 290 g/mol. The summed E-state index contributed by atoms with van der Waals surface area (Å²) in [7, 11) is 0. The predicted molar refractivity (Wildman–Crippen MR) is 77.0 cm³/mol. The van der Waals surface area contributed by atoms with Crippen molar-refractivity contribution >= 4 is 15.9 Å². The summed E-state index contributed by atoms with van der Waals surface area (Å²) in [6.07, 6.45) is 6.74. The highest BCUT2D eigenvalue weighted by atomic mass is 79.9. The molecule has 1 aromatic carbocycles. The molecular formula is C15H20BrNO. The van der Waals surface area contributed by atoms with Crippen molar-refractivity contribution < 1.29 is 4.74 Å². The Morgan fingerprint density at radius 1 is 1.28 bits per heavy atom. The van der Waals surface area contributed by atoms with Crippen LogP contribution in [0.25, 0.3) is 0 Å². The molecule has 1 saturated carbocycles. The Morgan fingerprint density at radius 3 is 2.94 bits per heavy atom. The zero-order valence-corrected chi connectivity index (χ0v) is 12.2. The van der Waals surface area contributed by atoms with E-state index >= 15 is 0 Å². The van der Waals surface area contributed by atoms with Crippen LogP contribution in [0.3, 0.4) is 0 Å². The predicted octanol–water partition coefficient (Wildman–Crippen LogP) is 4.05. The largest absolute Gasteiger partial charge is 0.493 e. The molecule has 0 spiro atoms. The maximum Gasteiger partial charge on any atom is 0.124 e. The Labute approximate surface area is 117 Å². The summed E-state index contributed by atoms with van der Waals surface area (Å²) in [4.78, 5) is 0. The average molecular weight is 310 g/mol. The fraction of sp³-hybridized carbons (Fsp3) is 0.600. The summed E-state index contributed by atoms with van der Waals surface area (Å²) < 4.78 is 6.84. The molecule has 2 nitrogen and oxygen atoms in total. The Morgan fingerprint density at radius 2 is 2.17 bits per heavy atom. The Kier molecular flexibility index (Phi) is 3.90. The maximum absolute atomic E-state index is 5.71. The molecule has 0 amide bonds. The lowest BCUT2D eigenvalue weighted by Crippen LogP contribution is -2.29. The van der Waals surface area contributed by atoms with Crippen LogP contribution in [-0.4, -0.2) is 13.2 Å². The van der Waals surface area contributed by atoms with Gasteiger partial charge in [0.15, 0.2) is 0 Å². The molecule has 3 heteroatoms. The van der Waals surface area contributed by atoms with Gasteiger partial charge >= 0.3 is 0 Å². The van der Waals surface area contributed by atoms with Crippen LogP contribution in [-0.2, 0) is 0 Å². The summed E-state index contributed by atoms with van der Waals surface area (Å²) in [5.74, 6) is 2.03. The van der Waals surface area contributed by atoms with Crippen molar-refractivity contribution in [1.82, 2.24) is 5.32 Å². The quantitative estimate of drug-likeness (QED) is 0.906. The molecule has 1 N–H and O–H groups in total. The number of nitrogens with one attached hydrogen (secondary N) is 1. The maximum atomic E-state index is 5.71. The van der Waals surface area contributed by atoms with Crippen molar-refractivity contribution in [2.45, 2.75) is 38.1 Å². The third-order valence-electron chi connectivity index (χ3n) is 4.18. The van der Waals surface area contributed by atoms with Crippen LogP contribution in [0.4, 0.5) is 0 Å². The van der Waals surface area contributed by atoms with Crippen molar-refractivity contribution in [2.75, 3.05) is 13.2 Å². The van der Waals surface area contributed by atoms with E-state index in [4.69, 9.17) is 4.74 Å². The Bertz CT molecular complexity index is 417. The van der Waals surface area contributed by atoms with Crippen LogP contribution in [0.15, 0.2) is 22.7 Å². The molecule has 2 aliphatic rings. The normalized spacial score (nSPS) is 23.1. The summed E-state index contributed by atoms with van der Waals surface area (Å²) in [5, 5.41) is 3.70. The molecule has 0 aromatic heterocycles. The van der Waals surface area contributed by atoms with Gasteiger partial charge in [-0.25, -0.2) is 0 Å². The highest BCUT2D eigenvalue weighted by molar-refractivity contribution is 9.10. The third-order valence-corrected chi connectivity index (χ3v) is 4.67. The number of hydrogen-bond donors (Lipinski definition) is 1. The van der Waals surface area contributed by atoms with E-state index in [0.29, 0.717) is 6.04 Å². The summed E-state index contributed by atoms with van der Waals surface area (Å²) in [5.41, 5.74) is 1.31. The highest BCUT2D eigenvalue weighted by Crippen LogP contribution is 2.34. The zero-order chi connectivity index (χ0) is 12.4. The molecule has 0 radical (unpaired) electrons. The van der Waals surface area contributed by atoms with Crippen LogP contribution in [0.1, 0.15) is 43.7 Å². The molecule has 0 saturated heterocycles. The second-order valence-corrected chi connectivity index (χ2v) is 6.33. The van der Waals surface area contributed by atoms with Gasteiger partial charge in [-0.15, -0.1) is 0 Å². The minimum absolute atomic E-state index is 0.464. The topological polar surface area (TPSA) is 21.3 Å². The molecule has 18 heavy (non-hydrogen) atoms. The van der Waals surface area contributed by atoms with Crippen LogP contribution < -0.4 is 10.1 Å². The smallest absolute Gasteiger partial charge is 0.124 e. The van der Waals surface area contributed by atoms with Gasteiger partial charge in [-0.2, -0.15) is 0 Å². The molecule has 98 valence electrons. The van der Waals surface area contributed by atoms with Crippen LogP contribution >= 0.6 is 15.9 Å². The van der Waals surface area contributed by atoms with Crippen LogP contribution in [0, 0.1) is 5.92 Å². The number of ether oxygens (including phenoxy) is 1. The van der Waals surface area contributed by atoms with E-state index in [1.165, 1.54) is 31.2 Å². The van der Waals surface area contributed by atoms with Crippen molar-refractivity contribution in [3.8, 4) is 5.75 Å². The van der Waals surface area contributed by atoms with Gasteiger partial charge < -0.3 is 10.1 Å². The summed E-state index contributed by atoms with van der Waals surface area (Å²) in [6.45, 7) is 1.97. The third kappa shape index (κ3) is 2.72. The van der Waals surface area contributed by atoms with Crippen LogP contribution in [0.2, 0.25) is 0 Å². The minimum atomic E-state index is 0.464. The first-order chi connectivity index (χ1) is 8.83.